The van der Waals surface area contributed by atoms with E-state index < -0.39 is 0 Å². The Morgan fingerprint density at radius 3 is 1.80 bits per heavy atom. The Morgan fingerprint density at radius 1 is 0.600 bits per heavy atom. The summed E-state index contributed by atoms with van der Waals surface area (Å²) in [4.78, 5) is 0. The van der Waals surface area contributed by atoms with Crippen LogP contribution < -0.4 is 0 Å². The third-order valence-electron chi connectivity index (χ3n) is 9.47. The van der Waals surface area contributed by atoms with E-state index in [2.05, 4.69) is 126 Å². The van der Waals surface area contributed by atoms with Crippen LogP contribution in [0, 0.1) is 10.8 Å². The zero-order valence-corrected chi connectivity index (χ0v) is 21.8. The Labute approximate surface area is 210 Å². The minimum Gasteiger partial charge on any atom is -0.0619 e. The number of hydrogen-bond acceptors (Lipinski definition) is 0. The van der Waals surface area contributed by atoms with Gasteiger partial charge in [-0.15, -0.1) is 0 Å². The molecule has 35 heavy (non-hydrogen) atoms. The lowest BCUT2D eigenvalue weighted by molar-refractivity contribution is 0.188. The lowest BCUT2D eigenvalue weighted by Crippen LogP contribution is -2.56. The van der Waals surface area contributed by atoms with Gasteiger partial charge in [-0.1, -0.05) is 120 Å². The summed E-state index contributed by atoms with van der Waals surface area (Å²) in [6.45, 7) is 14.8. The van der Waals surface area contributed by atoms with Gasteiger partial charge in [0.1, 0.15) is 0 Å². The number of benzene rings is 3. The SMILES string of the molecule is CC(C)(C)C12C(=Cc3ccccc31)C1=C(Cc3ccccc31)C1(C(C)(C)C)C2=Cc2ccccc21. The molecule has 0 saturated heterocycles. The van der Waals surface area contributed by atoms with Crippen LogP contribution in [0.2, 0.25) is 0 Å². The minimum atomic E-state index is -0.188. The van der Waals surface area contributed by atoms with Crippen LogP contribution in [0.4, 0.5) is 0 Å². The molecule has 0 fully saturated rings. The summed E-state index contributed by atoms with van der Waals surface area (Å²) in [7, 11) is 0. The van der Waals surface area contributed by atoms with E-state index >= 15 is 0 Å². The number of fused-ring (bicyclic) bond motifs is 11. The van der Waals surface area contributed by atoms with Gasteiger partial charge in [-0.3, -0.25) is 0 Å². The fourth-order valence-electron chi connectivity index (χ4n) is 8.47. The van der Waals surface area contributed by atoms with Gasteiger partial charge in [0, 0.05) is 10.8 Å². The van der Waals surface area contributed by atoms with E-state index in [0.29, 0.717) is 0 Å². The summed E-state index contributed by atoms with van der Waals surface area (Å²) < 4.78 is 0. The van der Waals surface area contributed by atoms with Gasteiger partial charge in [0.05, 0.1) is 0 Å². The third-order valence-corrected chi connectivity index (χ3v) is 9.47. The third kappa shape index (κ3) is 2.21. The smallest absolute Gasteiger partial charge is 0.0486 e. The van der Waals surface area contributed by atoms with Gasteiger partial charge < -0.3 is 0 Å². The average molecular weight is 455 g/mol. The summed E-state index contributed by atoms with van der Waals surface area (Å²) in [5, 5.41) is 0. The molecule has 0 aliphatic heterocycles. The largest absolute Gasteiger partial charge is 0.0619 e. The van der Waals surface area contributed by atoms with Crippen LogP contribution in [0.1, 0.15) is 74.9 Å². The molecule has 2 unspecified atom stereocenters. The molecule has 4 aliphatic carbocycles. The van der Waals surface area contributed by atoms with Crippen molar-refractivity contribution in [3.8, 4) is 0 Å². The van der Waals surface area contributed by atoms with Crippen molar-refractivity contribution in [1.82, 2.24) is 0 Å². The molecular weight excluding hydrogens is 420 g/mol. The van der Waals surface area contributed by atoms with Gasteiger partial charge in [-0.25, -0.2) is 0 Å². The van der Waals surface area contributed by atoms with Crippen LogP contribution in [-0.4, -0.2) is 0 Å². The lowest BCUT2D eigenvalue weighted by Gasteiger charge is -2.60. The van der Waals surface area contributed by atoms with Crippen molar-refractivity contribution in [2.24, 2.45) is 10.8 Å². The predicted octanol–water partition coefficient (Wildman–Crippen LogP) is 8.77. The lowest BCUT2D eigenvalue weighted by atomic mass is 9.42. The van der Waals surface area contributed by atoms with Crippen LogP contribution in [0.25, 0.3) is 17.7 Å². The zero-order valence-electron chi connectivity index (χ0n) is 21.8. The molecular formula is C35H34. The van der Waals surface area contributed by atoms with E-state index in [0.717, 1.165) is 6.42 Å². The molecule has 0 N–H and O–H groups in total. The molecule has 0 radical (unpaired) electrons. The Morgan fingerprint density at radius 2 is 1.14 bits per heavy atom. The van der Waals surface area contributed by atoms with Crippen LogP contribution >= 0.6 is 0 Å². The number of allylic oxidation sites excluding steroid dienone is 4. The molecule has 0 aromatic heterocycles. The van der Waals surface area contributed by atoms with Gasteiger partial charge in [-0.2, -0.15) is 0 Å². The van der Waals surface area contributed by atoms with Gasteiger partial charge in [0.2, 0.25) is 0 Å². The summed E-state index contributed by atoms with van der Waals surface area (Å²) in [6.07, 6.45) is 6.16. The number of rotatable bonds is 0. The molecule has 7 rings (SSSR count). The molecule has 0 amide bonds. The van der Waals surface area contributed by atoms with Crippen molar-refractivity contribution in [2.45, 2.75) is 58.8 Å². The monoisotopic (exact) mass is 454 g/mol. The molecule has 3 aromatic carbocycles. The molecule has 0 spiro atoms. The summed E-state index contributed by atoms with van der Waals surface area (Å²) in [5.41, 5.74) is 14.6. The highest BCUT2D eigenvalue weighted by atomic mass is 14.7. The summed E-state index contributed by atoms with van der Waals surface area (Å²) in [5.74, 6) is 0. The summed E-state index contributed by atoms with van der Waals surface area (Å²) >= 11 is 0. The van der Waals surface area contributed by atoms with Crippen LogP contribution in [-0.2, 0) is 17.3 Å². The normalized spacial score (nSPS) is 25.8. The minimum absolute atomic E-state index is 0.00806. The first-order chi connectivity index (χ1) is 16.6. The van der Waals surface area contributed by atoms with E-state index in [1.54, 1.807) is 11.1 Å². The van der Waals surface area contributed by atoms with E-state index in [4.69, 9.17) is 0 Å². The van der Waals surface area contributed by atoms with E-state index in [1.165, 1.54) is 44.5 Å². The Kier molecular flexibility index (Phi) is 3.85. The average Bonchev–Trinajstić information content (AvgIpc) is 3.46. The number of hydrogen-bond donors (Lipinski definition) is 0. The second-order valence-corrected chi connectivity index (χ2v) is 13.0. The molecule has 0 nitrogen and oxygen atoms in total. The fraction of sp³-hybridized carbons (Fsp3) is 0.314. The Balaban J connectivity index is 1.74. The molecule has 0 saturated carbocycles. The topological polar surface area (TPSA) is 0 Å². The van der Waals surface area contributed by atoms with Crippen molar-refractivity contribution < 1.29 is 0 Å². The van der Waals surface area contributed by atoms with E-state index in [9.17, 15) is 0 Å². The van der Waals surface area contributed by atoms with Crippen molar-refractivity contribution in [1.29, 1.82) is 0 Å². The molecule has 2 atom stereocenters. The quantitative estimate of drug-likeness (QED) is 0.318. The first-order valence-corrected chi connectivity index (χ1v) is 13.1. The van der Waals surface area contributed by atoms with Crippen molar-refractivity contribution in [2.75, 3.05) is 0 Å². The van der Waals surface area contributed by atoms with Crippen molar-refractivity contribution in [3.05, 3.63) is 123 Å². The fourth-order valence-corrected chi connectivity index (χ4v) is 8.47. The predicted molar refractivity (Wildman–Crippen MR) is 148 cm³/mol. The standard InChI is InChI=1S/C35H34/c1-32(2,3)34-26-17-11-8-14-23(26)20-29(34)31-25-16-10-7-13-22(25)19-28(31)35(33(4,5)6)27-18-12-9-15-24(27)21-30(34)35/h7-18,20-21H,19H2,1-6H3. The van der Waals surface area contributed by atoms with Gasteiger partial charge >= 0.3 is 0 Å². The molecule has 174 valence electrons. The Hall–Kier alpha value is -3.12. The van der Waals surface area contributed by atoms with Crippen LogP contribution in [0.3, 0.4) is 0 Å². The first kappa shape index (κ1) is 21.2. The molecule has 0 heterocycles. The maximum atomic E-state index is 2.59. The first-order valence-electron chi connectivity index (χ1n) is 13.1. The maximum Gasteiger partial charge on any atom is 0.0486 e. The van der Waals surface area contributed by atoms with Gasteiger partial charge in [0.25, 0.3) is 0 Å². The van der Waals surface area contributed by atoms with Crippen LogP contribution in [0.15, 0.2) is 89.5 Å². The highest BCUT2D eigenvalue weighted by Crippen LogP contribution is 2.75. The van der Waals surface area contributed by atoms with Crippen LogP contribution in [0.5, 0.6) is 0 Å². The second-order valence-electron chi connectivity index (χ2n) is 13.0. The highest BCUT2D eigenvalue weighted by Gasteiger charge is 2.68. The zero-order chi connectivity index (χ0) is 24.4. The molecule has 0 bridgehead atoms. The van der Waals surface area contributed by atoms with E-state index in [-0.39, 0.29) is 21.7 Å². The Bertz CT molecular complexity index is 1520. The van der Waals surface area contributed by atoms with Crippen molar-refractivity contribution in [3.63, 3.8) is 0 Å². The summed E-state index contributed by atoms with van der Waals surface area (Å²) in [6, 6.07) is 27.6. The highest BCUT2D eigenvalue weighted by molar-refractivity contribution is 6.04. The van der Waals surface area contributed by atoms with Gasteiger partial charge in [0.15, 0.2) is 0 Å². The van der Waals surface area contributed by atoms with Crippen molar-refractivity contribution >= 4 is 17.7 Å². The molecule has 3 aromatic rings. The molecule has 0 heteroatoms. The van der Waals surface area contributed by atoms with E-state index in [1.807, 2.05) is 0 Å². The second kappa shape index (κ2) is 6.35. The molecule has 4 aliphatic rings. The van der Waals surface area contributed by atoms with Gasteiger partial charge in [-0.05, 0) is 79.0 Å². The maximum absolute atomic E-state index is 2.59.